The molecule has 0 saturated heterocycles. The van der Waals surface area contributed by atoms with E-state index in [-0.39, 0.29) is 39.0 Å². The number of aromatic amines is 1. The highest BCUT2D eigenvalue weighted by molar-refractivity contribution is 6.41. The van der Waals surface area contributed by atoms with Gasteiger partial charge in [-0.15, -0.1) is 5.10 Å². The van der Waals surface area contributed by atoms with Crippen molar-refractivity contribution in [1.29, 1.82) is 0 Å². The van der Waals surface area contributed by atoms with Crippen LogP contribution in [0.2, 0.25) is 15.1 Å². The number of nitrogens with one attached hydrogen (secondary N) is 1. The predicted molar refractivity (Wildman–Crippen MR) is 116 cm³/mol. The number of aromatic nitrogens is 5. The number of rotatable bonds is 5. The summed E-state index contributed by atoms with van der Waals surface area (Å²) in [7, 11) is 0. The van der Waals surface area contributed by atoms with E-state index in [0.717, 1.165) is 0 Å². The van der Waals surface area contributed by atoms with Crippen LogP contribution in [-0.2, 0) is 13.0 Å². The van der Waals surface area contributed by atoms with Crippen molar-refractivity contribution in [2.75, 3.05) is 0 Å². The minimum atomic E-state index is -0.344. The summed E-state index contributed by atoms with van der Waals surface area (Å²) in [6.45, 7) is 2.11. The van der Waals surface area contributed by atoms with E-state index in [4.69, 9.17) is 34.8 Å². The first-order chi connectivity index (χ1) is 14.4. The summed E-state index contributed by atoms with van der Waals surface area (Å²) in [5.41, 5.74) is 1.49. The van der Waals surface area contributed by atoms with Crippen molar-refractivity contribution in [1.82, 2.24) is 25.0 Å². The monoisotopic (exact) mass is 461 g/mol. The SMILES string of the molecule is CCc1nc2c(nnn2Cc2cc(Cl)c(C(=O)c3ccc(Cl)cc3)c(Cl)c2)c(=O)[nH]1. The van der Waals surface area contributed by atoms with Crippen molar-refractivity contribution in [2.24, 2.45) is 0 Å². The minimum absolute atomic E-state index is 0.152. The number of carbonyl (C=O) groups excluding carboxylic acids is 1. The van der Waals surface area contributed by atoms with Crippen molar-refractivity contribution in [3.63, 3.8) is 0 Å². The maximum atomic E-state index is 12.8. The van der Waals surface area contributed by atoms with Gasteiger partial charge in [0.2, 0.25) is 0 Å². The van der Waals surface area contributed by atoms with E-state index in [1.165, 1.54) is 4.68 Å². The zero-order valence-electron chi connectivity index (χ0n) is 15.6. The number of H-pyrrole nitrogens is 1. The Morgan fingerprint density at radius 2 is 1.77 bits per heavy atom. The fourth-order valence-corrected chi connectivity index (χ4v) is 3.87. The summed E-state index contributed by atoms with van der Waals surface area (Å²) in [4.78, 5) is 32.0. The summed E-state index contributed by atoms with van der Waals surface area (Å²) >= 11 is 18.7. The number of hydrogen-bond acceptors (Lipinski definition) is 5. The van der Waals surface area contributed by atoms with Crippen LogP contribution in [-0.4, -0.2) is 30.7 Å². The Labute approximate surface area is 185 Å². The van der Waals surface area contributed by atoms with Gasteiger partial charge in [-0.05, 0) is 42.0 Å². The van der Waals surface area contributed by atoms with Crippen LogP contribution in [0, 0.1) is 0 Å². The molecule has 30 heavy (non-hydrogen) atoms. The average Bonchev–Trinajstić information content (AvgIpc) is 3.11. The fourth-order valence-electron chi connectivity index (χ4n) is 3.04. The molecule has 0 atom stereocenters. The second-order valence-corrected chi connectivity index (χ2v) is 7.81. The zero-order valence-corrected chi connectivity index (χ0v) is 17.9. The van der Waals surface area contributed by atoms with Crippen LogP contribution in [0.4, 0.5) is 0 Å². The quantitative estimate of drug-likeness (QED) is 0.446. The molecule has 4 aromatic rings. The van der Waals surface area contributed by atoms with Gasteiger partial charge in [-0.1, -0.05) is 46.9 Å². The van der Waals surface area contributed by atoms with E-state index < -0.39 is 0 Å². The molecule has 1 N–H and O–H groups in total. The van der Waals surface area contributed by atoms with Crippen LogP contribution in [0.15, 0.2) is 41.2 Å². The normalized spacial score (nSPS) is 11.2. The van der Waals surface area contributed by atoms with Crippen LogP contribution in [0.3, 0.4) is 0 Å². The van der Waals surface area contributed by atoms with Gasteiger partial charge in [0.15, 0.2) is 16.9 Å². The first-order valence-electron chi connectivity index (χ1n) is 8.98. The summed E-state index contributed by atoms with van der Waals surface area (Å²) in [6, 6.07) is 9.75. The molecule has 0 fully saturated rings. The van der Waals surface area contributed by atoms with Crippen molar-refractivity contribution >= 4 is 51.7 Å². The van der Waals surface area contributed by atoms with Gasteiger partial charge in [0.1, 0.15) is 5.82 Å². The molecular weight excluding hydrogens is 449 g/mol. The number of halogens is 3. The number of aryl methyl sites for hydroxylation is 1. The van der Waals surface area contributed by atoms with E-state index in [9.17, 15) is 9.59 Å². The molecule has 2 aromatic carbocycles. The van der Waals surface area contributed by atoms with Crippen molar-refractivity contribution < 1.29 is 4.79 Å². The highest BCUT2D eigenvalue weighted by Gasteiger charge is 2.19. The van der Waals surface area contributed by atoms with Gasteiger partial charge in [-0.3, -0.25) is 9.59 Å². The molecule has 0 bridgehead atoms. The Hall–Kier alpha value is -2.74. The Kier molecular flexibility index (Phi) is 5.60. The lowest BCUT2D eigenvalue weighted by molar-refractivity contribution is 0.103. The first kappa shape index (κ1) is 20.5. The third-order valence-electron chi connectivity index (χ3n) is 4.53. The van der Waals surface area contributed by atoms with E-state index >= 15 is 0 Å². The lowest BCUT2D eigenvalue weighted by atomic mass is 10.0. The summed E-state index contributed by atoms with van der Waals surface area (Å²) in [5, 5.41) is 8.87. The number of carbonyl (C=O) groups is 1. The standard InChI is InChI=1S/C20H14Cl3N5O2/c1-2-15-24-19-17(20(30)25-15)26-27-28(19)9-10-7-13(22)16(14(23)8-10)18(29)11-3-5-12(21)6-4-11/h3-8H,2,9H2,1H3,(H,24,25,30). The van der Waals surface area contributed by atoms with E-state index in [1.54, 1.807) is 36.4 Å². The summed E-state index contributed by atoms with van der Waals surface area (Å²) < 4.78 is 1.49. The van der Waals surface area contributed by atoms with Crippen molar-refractivity contribution in [3.05, 3.63) is 84.3 Å². The molecule has 0 radical (unpaired) electrons. The van der Waals surface area contributed by atoms with Gasteiger partial charge >= 0.3 is 0 Å². The molecule has 0 unspecified atom stereocenters. The number of nitrogens with zero attached hydrogens (tertiary/aromatic N) is 4. The Bertz CT molecular complexity index is 1310. The molecule has 7 nitrogen and oxygen atoms in total. The number of fused-ring (bicyclic) bond motifs is 1. The lowest BCUT2D eigenvalue weighted by Crippen LogP contribution is -2.13. The molecular formula is C20H14Cl3N5O2. The van der Waals surface area contributed by atoms with Crippen LogP contribution < -0.4 is 5.56 Å². The number of hydrogen-bond donors (Lipinski definition) is 1. The van der Waals surface area contributed by atoms with Crippen LogP contribution in [0.5, 0.6) is 0 Å². The van der Waals surface area contributed by atoms with Crippen LogP contribution >= 0.6 is 34.8 Å². The zero-order chi connectivity index (χ0) is 21.4. The molecule has 2 heterocycles. The lowest BCUT2D eigenvalue weighted by Gasteiger charge is -2.10. The Morgan fingerprint density at radius 1 is 1.10 bits per heavy atom. The summed E-state index contributed by atoms with van der Waals surface area (Å²) in [6.07, 6.45) is 0.565. The molecule has 0 aliphatic heterocycles. The van der Waals surface area contributed by atoms with Crippen LogP contribution in [0.1, 0.15) is 34.2 Å². The molecule has 2 aromatic heterocycles. The molecule has 152 valence electrons. The molecule has 0 saturated carbocycles. The highest BCUT2D eigenvalue weighted by Crippen LogP contribution is 2.30. The largest absolute Gasteiger partial charge is 0.308 e. The third-order valence-corrected chi connectivity index (χ3v) is 5.37. The molecule has 0 aliphatic rings. The molecule has 0 spiro atoms. The fraction of sp³-hybridized carbons (Fsp3) is 0.150. The summed E-state index contributed by atoms with van der Waals surface area (Å²) in [5.74, 6) is 0.233. The average molecular weight is 463 g/mol. The molecule has 0 aliphatic carbocycles. The van der Waals surface area contributed by atoms with Gasteiger partial charge in [0.25, 0.3) is 5.56 Å². The maximum absolute atomic E-state index is 12.8. The van der Waals surface area contributed by atoms with Gasteiger partial charge in [0.05, 0.1) is 22.2 Å². The maximum Gasteiger partial charge on any atom is 0.281 e. The van der Waals surface area contributed by atoms with Gasteiger partial charge in [0, 0.05) is 17.0 Å². The Morgan fingerprint density at radius 3 is 2.40 bits per heavy atom. The van der Waals surface area contributed by atoms with Crippen molar-refractivity contribution in [2.45, 2.75) is 19.9 Å². The molecule has 10 heteroatoms. The van der Waals surface area contributed by atoms with E-state index in [0.29, 0.717) is 34.0 Å². The smallest absolute Gasteiger partial charge is 0.281 e. The highest BCUT2D eigenvalue weighted by atomic mass is 35.5. The second-order valence-electron chi connectivity index (χ2n) is 6.56. The molecule has 4 rings (SSSR count). The van der Waals surface area contributed by atoms with Crippen LogP contribution in [0.25, 0.3) is 11.2 Å². The second kappa shape index (κ2) is 8.18. The minimum Gasteiger partial charge on any atom is -0.308 e. The Balaban J connectivity index is 1.70. The van der Waals surface area contributed by atoms with E-state index in [1.807, 2.05) is 6.92 Å². The van der Waals surface area contributed by atoms with E-state index in [2.05, 4.69) is 20.3 Å². The van der Waals surface area contributed by atoms with Gasteiger partial charge in [-0.2, -0.15) is 0 Å². The molecule has 0 amide bonds. The third kappa shape index (κ3) is 3.84. The predicted octanol–water partition coefficient (Wildman–Crippen LogP) is 4.32. The van der Waals surface area contributed by atoms with Gasteiger partial charge in [-0.25, -0.2) is 9.67 Å². The number of benzene rings is 2. The first-order valence-corrected chi connectivity index (χ1v) is 10.1. The van der Waals surface area contributed by atoms with Gasteiger partial charge < -0.3 is 4.98 Å². The number of ketones is 1. The topological polar surface area (TPSA) is 93.5 Å². The van der Waals surface area contributed by atoms with Crippen molar-refractivity contribution in [3.8, 4) is 0 Å².